The van der Waals surface area contributed by atoms with Crippen molar-refractivity contribution >= 4 is 22.9 Å². The summed E-state index contributed by atoms with van der Waals surface area (Å²) in [5.74, 6) is -1.28. The van der Waals surface area contributed by atoms with E-state index in [1.165, 1.54) is 12.1 Å². The monoisotopic (exact) mass is 380 g/mol. The van der Waals surface area contributed by atoms with Crippen molar-refractivity contribution in [2.45, 2.75) is 34.1 Å². The summed E-state index contributed by atoms with van der Waals surface area (Å²) in [7, 11) is 0. The van der Waals surface area contributed by atoms with Crippen LogP contribution >= 0.6 is 0 Å². The number of benzene rings is 2. The molecule has 1 heterocycles. The average Bonchev–Trinajstić information content (AvgIpc) is 2.61. The molecule has 0 bridgehead atoms. The third kappa shape index (κ3) is 3.45. The van der Waals surface area contributed by atoms with Crippen LogP contribution in [0.2, 0.25) is 0 Å². The number of aromatic nitrogens is 2. The van der Waals surface area contributed by atoms with Gasteiger partial charge in [0.25, 0.3) is 5.56 Å². The van der Waals surface area contributed by atoms with Crippen molar-refractivity contribution < 1.29 is 14.3 Å². The highest BCUT2D eigenvalue weighted by Crippen LogP contribution is 2.23. The standard InChI is InChI=1S/C22H21FN2O3/c1-5-19-24-18-11-17(23)15(6-7-20(26)27)10-16(18)22(28)25(19)21-13(3)8-12(2)9-14(21)4/h6-11H,5H2,1-4H3,(H,26,27). The van der Waals surface area contributed by atoms with Crippen molar-refractivity contribution in [3.63, 3.8) is 0 Å². The molecule has 6 heteroatoms. The number of hydrogen-bond donors (Lipinski definition) is 1. The maximum Gasteiger partial charge on any atom is 0.328 e. The molecule has 0 atom stereocenters. The number of aliphatic carboxylic acids is 1. The largest absolute Gasteiger partial charge is 0.478 e. The van der Waals surface area contributed by atoms with E-state index in [1.807, 2.05) is 39.8 Å². The van der Waals surface area contributed by atoms with Crippen molar-refractivity contribution in [1.82, 2.24) is 9.55 Å². The minimum Gasteiger partial charge on any atom is -0.478 e. The molecular formula is C22H21FN2O3. The van der Waals surface area contributed by atoms with Crippen molar-refractivity contribution in [2.24, 2.45) is 0 Å². The van der Waals surface area contributed by atoms with Gasteiger partial charge in [0.05, 0.1) is 16.6 Å². The van der Waals surface area contributed by atoms with E-state index < -0.39 is 11.8 Å². The summed E-state index contributed by atoms with van der Waals surface area (Å²) in [6.07, 6.45) is 2.47. The van der Waals surface area contributed by atoms with Crippen LogP contribution < -0.4 is 5.56 Å². The smallest absolute Gasteiger partial charge is 0.328 e. The van der Waals surface area contributed by atoms with Crippen LogP contribution in [0.3, 0.4) is 0 Å². The van der Waals surface area contributed by atoms with Crippen LogP contribution in [-0.2, 0) is 11.2 Å². The second-order valence-corrected chi connectivity index (χ2v) is 6.83. The summed E-state index contributed by atoms with van der Waals surface area (Å²) in [6, 6.07) is 6.54. The summed E-state index contributed by atoms with van der Waals surface area (Å²) in [5.41, 5.74) is 3.75. The Labute approximate surface area is 161 Å². The molecule has 0 aliphatic rings. The lowest BCUT2D eigenvalue weighted by atomic mass is 10.0. The number of carboxylic acid groups (broad SMARTS) is 1. The average molecular weight is 380 g/mol. The minimum absolute atomic E-state index is 0.0296. The van der Waals surface area contributed by atoms with Crippen molar-refractivity contribution in [3.8, 4) is 5.69 Å². The predicted octanol–water partition coefficient (Wildman–Crippen LogP) is 4.11. The molecule has 0 amide bonds. The molecule has 2 aromatic carbocycles. The Kier molecular flexibility index (Phi) is 5.14. The van der Waals surface area contributed by atoms with Crippen molar-refractivity contribution in [2.75, 3.05) is 0 Å². The Hall–Kier alpha value is -3.28. The van der Waals surface area contributed by atoms with Crippen molar-refractivity contribution in [3.05, 3.63) is 74.6 Å². The van der Waals surface area contributed by atoms with E-state index in [-0.39, 0.29) is 22.0 Å². The fraction of sp³-hybridized carbons (Fsp3) is 0.227. The zero-order valence-electron chi connectivity index (χ0n) is 16.2. The van der Waals surface area contributed by atoms with Gasteiger partial charge in [-0.05, 0) is 44.0 Å². The third-order valence-electron chi connectivity index (χ3n) is 4.64. The molecule has 0 fully saturated rings. The van der Waals surface area contributed by atoms with Gasteiger partial charge in [0.15, 0.2) is 0 Å². The molecule has 28 heavy (non-hydrogen) atoms. The minimum atomic E-state index is -1.19. The lowest BCUT2D eigenvalue weighted by molar-refractivity contribution is -0.131. The number of carbonyl (C=O) groups is 1. The lowest BCUT2D eigenvalue weighted by Crippen LogP contribution is -2.25. The quantitative estimate of drug-likeness (QED) is 0.692. The maximum absolute atomic E-state index is 14.3. The summed E-state index contributed by atoms with van der Waals surface area (Å²) in [6.45, 7) is 7.77. The summed E-state index contributed by atoms with van der Waals surface area (Å²) in [5, 5.41) is 9.03. The Morgan fingerprint density at radius 3 is 2.39 bits per heavy atom. The normalized spacial score (nSPS) is 11.5. The zero-order valence-corrected chi connectivity index (χ0v) is 16.2. The molecule has 5 nitrogen and oxygen atoms in total. The van der Waals surface area contributed by atoms with Crippen LogP contribution in [0.4, 0.5) is 4.39 Å². The summed E-state index contributed by atoms with van der Waals surface area (Å²) < 4.78 is 15.9. The first-order valence-electron chi connectivity index (χ1n) is 8.97. The Morgan fingerprint density at radius 2 is 1.82 bits per heavy atom. The molecule has 0 unspecified atom stereocenters. The highest BCUT2D eigenvalue weighted by atomic mass is 19.1. The van der Waals surface area contributed by atoms with E-state index in [2.05, 4.69) is 4.98 Å². The highest BCUT2D eigenvalue weighted by Gasteiger charge is 2.17. The number of nitrogens with zero attached hydrogens (tertiary/aromatic N) is 2. The van der Waals surface area contributed by atoms with Crippen LogP contribution in [-0.4, -0.2) is 20.6 Å². The van der Waals surface area contributed by atoms with E-state index in [0.717, 1.165) is 34.5 Å². The number of carboxylic acids is 1. The zero-order chi connectivity index (χ0) is 20.6. The molecule has 3 rings (SSSR count). The molecule has 0 saturated carbocycles. The fourth-order valence-corrected chi connectivity index (χ4v) is 3.55. The van der Waals surface area contributed by atoms with Gasteiger partial charge in [-0.25, -0.2) is 14.2 Å². The van der Waals surface area contributed by atoms with E-state index in [1.54, 1.807) is 4.57 Å². The maximum atomic E-state index is 14.3. The topological polar surface area (TPSA) is 72.2 Å². The Balaban J connectivity index is 2.38. The molecule has 144 valence electrons. The van der Waals surface area contributed by atoms with Crippen LogP contribution in [0.1, 0.15) is 35.0 Å². The van der Waals surface area contributed by atoms with E-state index in [4.69, 9.17) is 5.11 Å². The first-order valence-corrected chi connectivity index (χ1v) is 8.97. The number of rotatable bonds is 4. The van der Waals surface area contributed by atoms with Crippen molar-refractivity contribution in [1.29, 1.82) is 0 Å². The fourth-order valence-electron chi connectivity index (χ4n) is 3.55. The molecule has 0 aliphatic carbocycles. The SMILES string of the molecule is CCc1nc2cc(F)c(C=CC(=O)O)cc2c(=O)n1-c1c(C)cc(C)cc1C. The van der Waals surface area contributed by atoms with E-state index in [9.17, 15) is 14.0 Å². The first-order chi connectivity index (χ1) is 13.2. The number of fused-ring (bicyclic) bond motifs is 1. The highest BCUT2D eigenvalue weighted by molar-refractivity contribution is 5.87. The Bertz CT molecular complexity index is 1170. The summed E-state index contributed by atoms with van der Waals surface area (Å²) >= 11 is 0. The second-order valence-electron chi connectivity index (χ2n) is 6.83. The number of halogens is 1. The van der Waals surface area contributed by atoms with Gasteiger partial charge < -0.3 is 5.11 Å². The van der Waals surface area contributed by atoms with E-state index in [0.29, 0.717) is 12.2 Å². The third-order valence-corrected chi connectivity index (χ3v) is 4.64. The lowest BCUT2D eigenvalue weighted by Gasteiger charge is -2.18. The molecular weight excluding hydrogens is 359 g/mol. The molecule has 1 aromatic heterocycles. The molecule has 0 radical (unpaired) electrons. The molecule has 1 N–H and O–H groups in total. The van der Waals surface area contributed by atoms with Gasteiger partial charge >= 0.3 is 5.97 Å². The Morgan fingerprint density at radius 1 is 1.18 bits per heavy atom. The van der Waals surface area contributed by atoms with Crippen LogP contribution in [0.5, 0.6) is 0 Å². The first kappa shape index (κ1) is 19.5. The van der Waals surface area contributed by atoms with Gasteiger partial charge in [-0.15, -0.1) is 0 Å². The van der Waals surface area contributed by atoms with Crippen LogP contribution in [0.15, 0.2) is 35.1 Å². The molecule has 0 saturated heterocycles. The van der Waals surface area contributed by atoms with Gasteiger partial charge in [-0.2, -0.15) is 0 Å². The van der Waals surface area contributed by atoms with E-state index >= 15 is 0 Å². The van der Waals surface area contributed by atoms with Crippen LogP contribution in [0, 0.1) is 26.6 Å². The molecule has 3 aromatic rings. The second kappa shape index (κ2) is 7.38. The summed E-state index contributed by atoms with van der Waals surface area (Å²) in [4.78, 5) is 28.6. The van der Waals surface area contributed by atoms with Gasteiger partial charge in [-0.3, -0.25) is 9.36 Å². The van der Waals surface area contributed by atoms with Gasteiger partial charge in [0, 0.05) is 24.1 Å². The molecule has 0 aliphatic heterocycles. The number of hydrogen-bond acceptors (Lipinski definition) is 3. The van der Waals surface area contributed by atoms with Gasteiger partial charge in [0.1, 0.15) is 11.6 Å². The predicted molar refractivity (Wildman–Crippen MR) is 108 cm³/mol. The van der Waals surface area contributed by atoms with Crippen LogP contribution in [0.25, 0.3) is 22.7 Å². The van der Waals surface area contributed by atoms with Gasteiger partial charge in [0.2, 0.25) is 0 Å². The molecule has 0 spiro atoms. The van der Waals surface area contributed by atoms with Gasteiger partial charge in [-0.1, -0.05) is 24.6 Å². The number of aryl methyl sites for hydroxylation is 4.